The lowest BCUT2D eigenvalue weighted by molar-refractivity contribution is -0.384. The maximum absolute atomic E-state index is 10.9. The Bertz CT molecular complexity index is 509. The van der Waals surface area contributed by atoms with E-state index in [-0.39, 0.29) is 11.4 Å². The Labute approximate surface area is 114 Å². The first-order valence-corrected chi connectivity index (χ1v) is 6.08. The second-order valence-electron chi connectivity index (χ2n) is 4.68. The number of nitro benzene ring substituents is 1. The van der Waals surface area contributed by atoms with Crippen molar-refractivity contribution in [3.63, 3.8) is 0 Å². The minimum absolute atomic E-state index is 0.159. The fourth-order valence-electron chi connectivity index (χ4n) is 2.10. The summed E-state index contributed by atoms with van der Waals surface area (Å²) in [6, 6.07) is 4.49. The highest BCUT2D eigenvalue weighted by molar-refractivity contribution is 5.63. The monoisotopic (exact) mass is 284 g/mol. The van der Waals surface area contributed by atoms with Crippen molar-refractivity contribution in [1.29, 1.82) is 0 Å². The number of aliphatic hydroxyl groups is 3. The van der Waals surface area contributed by atoms with E-state index in [1.165, 1.54) is 6.07 Å². The van der Waals surface area contributed by atoms with E-state index >= 15 is 0 Å². The molecule has 0 bridgehead atoms. The molecule has 0 aromatic heterocycles. The molecule has 110 valence electrons. The Hall–Kier alpha value is -1.74. The molecule has 1 aliphatic rings. The van der Waals surface area contributed by atoms with Crippen LogP contribution in [0.2, 0.25) is 0 Å². The molecule has 4 N–H and O–H groups in total. The topological polar surface area (TPSA) is 125 Å². The van der Waals surface area contributed by atoms with Gasteiger partial charge in [-0.25, -0.2) is 0 Å². The number of nitro groups is 1. The largest absolute Gasteiger partial charge is 0.394 e. The van der Waals surface area contributed by atoms with Crippen molar-refractivity contribution in [2.45, 2.75) is 31.5 Å². The third-order valence-corrected chi connectivity index (χ3v) is 3.19. The lowest BCUT2D eigenvalue weighted by atomic mass is 10.1. The van der Waals surface area contributed by atoms with Gasteiger partial charge in [-0.3, -0.25) is 10.1 Å². The van der Waals surface area contributed by atoms with E-state index in [9.17, 15) is 20.3 Å². The predicted molar refractivity (Wildman–Crippen MR) is 69.2 cm³/mol. The van der Waals surface area contributed by atoms with E-state index in [1.807, 2.05) is 0 Å². The summed E-state index contributed by atoms with van der Waals surface area (Å²) in [6.07, 6.45) is -4.48. The van der Waals surface area contributed by atoms with Crippen LogP contribution in [0.25, 0.3) is 0 Å². The SMILES string of the molecule is Cc1ccc([N+](=O)[O-])c(N[C@H]2O[C@@H](CO)[C@@H](O)[C@H]2O)c1. The number of benzene rings is 1. The Kier molecular flexibility index (Phi) is 4.19. The molecule has 1 aromatic rings. The van der Waals surface area contributed by atoms with Crippen LogP contribution in [0.5, 0.6) is 0 Å². The summed E-state index contributed by atoms with van der Waals surface area (Å²) < 4.78 is 5.23. The molecule has 1 fully saturated rings. The van der Waals surface area contributed by atoms with Crippen LogP contribution in [0.1, 0.15) is 5.56 Å². The zero-order chi connectivity index (χ0) is 14.9. The van der Waals surface area contributed by atoms with Gasteiger partial charge in [-0.1, -0.05) is 6.07 Å². The van der Waals surface area contributed by atoms with Crippen LogP contribution in [0.3, 0.4) is 0 Å². The zero-order valence-electron chi connectivity index (χ0n) is 10.8. The lowest BCUT2D eigenvalue weighted by Gasteiger charge is -2.17. The number of aryl methyl sites for hydroxylation is 1. The fourth-order valence-corrected chi connectivity index (χ4v) is 2.10. The minimum atomic E-state index is -1.28. The van der Waals surface area contributed by atoms with Gasteiger partial charge in [0.2, 0.25) is 0 Å². The van der Waals surface area contributed by atoms with E-state index in [0.29, 0.717) is 0 Å². The second-order valence-corrected chi connectivity index (χ2v) is 4.68. The van der Waals surface area contributed by atoms with Gasteiger partial charge in [0.25, 0.3) is 5.69 Å². The average Bonchev–Trinajstić information content (AvgIpc) is 2.66. The van der Waals surface area contributed by atoms with Crippen molar-refractivity contribution in [2.75, 3.05) is 11.9 Å². The Balaban J connectivity index is 2.22. The summed E-state index contributed by atoms with van der Waals surface area (Å²) in [4.78, 5) is 10.4. The highest BCUT2D eigenvalue weighted by Gasteiger charge is 2.42. The second kappa shape index (κ2) is 5.71. The molecule has 1 aliphatic heterocycles. The molecule has 0 amide bonds. The molecular weight excluding hydrogens is 268 g/mol. The van der Waals surface area contributed by atoms with Gasteiger partial charge in [0.15, 0.2) is 6.23 Å². The van der Waals surface area contributed by atoms with E-state index in [2.05, 4.69) is 5.32 Å². The predicted octanol–water partition coefficient (Wildman–Crippen LogP) is -0.246. The minimum Gasteiger partial charge on any atom is -0.394 e. The normalized spacial score (nSPS) is 29.4. The zero-order valence-corrected chi connectivity index (χ0v) is 10.8. The van der Waals surface area contributed by atoms with Crippen molar-refractivity contribution < 1.29 is 25.0 Å². The Morgan fingerprint density at radius 2 is 2.10 bits per heavy atom. The number of rotatable bonds is 4. The molecule has 1 heterocycles. The molecule has 1 aromatic carbocycles. The van der Waals surface area contributed by atoms with E-state index in [1.54, 1.807) is 19.1 Å². The van der Waals surface area contributed by atoms with Gasteiger partial charge in [-0.05, 0) is 18.6 Å². The van der Waals surface area contributed by atoms with Gasteiger partial charge in [0.05, 0.1) is 11.5 Å². The molecule has 2 rings (SSSR count). The molecule has 1 saturated heterocycles. The fraction of sp³-hybridized carbons (Fsp3) is 0.500. The van der Waals surface area contributed by atoms with Gasteiger partial charge >= 0.3 is 0 Å². The third kappa shape index (κ3) is 2.73. The number of aliphatic hydroxyl groups excluding tert-OH is 3. The van der Waals surface area contributed by atoms with Crippen molar-refractivity contribution in [2.24, 2.45) is 0 Å². The number of hydrogen-bond donors (Lipinski definition) is 4. The van der Waals surface area contributed by atoms with Crippen molar-refractivity contribution >= 4 is 11.4 Å². The van der Waals surface area contributed by atoms with Crippen LogP contribution in [0.15, 0.2) is 18.2 Å². The highest BCUT2D eigenvalue weighted by Crippen LogP contribution is 2.29. The number of ether oxygens (including phenoxy) is 1. The summed E-state index contributed by atoms with van der Waals surface area (Å²) in [5, 5.41) is 42.1. The number of nitrogens with zero attached hydrogens (tertiary/aromatic N) is 1. The van der Waals surface area contributed by atoms with Gasteiger partial charge < -0.3 is 25.4 Å². The quantitative estimate of drug-likeness (QED) is 0.444. The molecule has 0 aliphatic carbocycles. The molecule has 20 heavy (non-hydrogen) atoms. The first kappa shape index (κ1) is 14.7. The van der Waals surface area contributed by atoms with Crippen molar-refractivity contribution in [1.82, 2.24) is 0 Å². The van der Waals surface area contributed by atoms with Crippen LogP contribution in [-0.4, -0.2) is 51.4 Å². The molecule has 8 nitrogen and oxygen atoms in total. The highest BCUT2D eigenvalue weighted by atomic mass is 16.6. The molecule has 0 saturated carbocycles. The summed E-state index contributed by atoms with van der Waals surface area (Å²) in [6.45, 7) is 1.32. The maximum atomic E-state index is 10.9. The van der Waals surface area contributed by atoms with Crippen molar-refractivity contribution in [3.8, 4) is 0 Å². The van der Waals surface area contributed by atoms with Crippen LogP contribution < -0.4 is 5.32 Å². The van der Waals surface area contributed by atoms with Crippen LogP contribution >= 0.6 is 0 Å². The standard InChI is InChI=1S/C12H16N2O6/c1-6-2-3-8(14(18)19)7(4-6)13-12-11(17)10(16)9(5-15)20-12/h2-4,9-13,15-17H,5H2,1H3/t9-,10+,11+,12-/m0/s1. The number of anilines is 1. The molecule has 0 unspecified atom stereocenters. The van der Waals surface area contributed by atoms with Crippen molar-refractivity contribution in [3.05, 3.63) is 33.9 Å². The van der Waals surface area contributed by atoms with E-state index in [0.717, 1.165) is 5.56 Å². The molecular formula is C12H16N2O6. The summed E-state index contributed by atoms with van der Waals surface area (Å²) in [5.41, 5.74) is 0.822. The summed E-state index contributed by atoms with van der Waals surface area (Å²) >= 11 is 0. The van der Waals surface area contributed by atoms with Gasteiger partial charge in [0, 0.05) is 6.07 Å². The van der Waals surface area contributed by atoms with Gasteiger partial charge in [-0.15, -0.1) is 0 Å². The first-order chi connectivity index (χ1) is 9.43. The van der Waals surface area contributed by atoms with Gasteiger partial charge in [-0.2, -0.15) is 0 Å². The Morgan fingerprint density at radius 3 is 2.65 bits per heavy atom. The van der Waals surface area contributed by atoms with E-state index < -0.39 is 36.1 Å². The van der Waals surface area contributed by atoms with Gasteiger partial charge in [0.1, 0.15) is 24.0 Å². The number of hydrogen-bond acceptors (Lipinski definition) is 7. The first-order valence-electron chi connectivity index (χ1n) is 6.08. The molecule has 4 atom stereocenters. The maximum Gasteiger partial charge on any atom is 0.292 e. The van der Waals surface area contributed by atoms with Crippen LogP contribution in [-0.2, 0) is 4.74 Å². The molecule has 0 radical (unpaired) electrons. The van der Waals surface area contributed by atoms with Crippen LogP contribution in [0, 0.1) is 17.0 Å². The lowest BCUT2D eigenvalue weighted by Crippen LogP contribution is -2.36. The van der Waals surface area contributed by atoms with E-state index in [4.69, 9.17) is 9.84 Å². The molecule has 0 spiro atoms. The summed E-state index contributed by atoms with van der Waals surface area (Å²) in [7, 11) is 0. The summed E-state index contributed by atoms with van der Waals surface area (Å²) in [5.74, 6) is 0. The molecule has 8 heteroatoms. The average molecular weight is 284 g/mol. The Morgan fingerprint density at radius 1 is 1.40 bits per heavy atom. The smallest absolute Gasteiger partial charge is 0.292 e. The number of nitrogens with one attached hydrogen (secondary N) is 1. The van der Waals surface area contributed by atoms with Crippen LogP contribution in [0.4, 0.5) is 11.4 Å². The third-order valence-electron chi connectivity index (χ3n) is 3.19.